The Hall–Kier alpha value is -0.740. The van der Waals surface area contributed by atoms with Gasteiger partial charge in [-0.2, -0.15) is 11.3 Å². The fourth-order valence-corrected chi connectivity index (χ4v) is 1.35. The largest absolute Gasteiger partial charge is 0.151 e. The predicted octanol–water partition coefficient (Wildman–Crippen LogP) is 3.29. The first kappa shape index (κ1) is 8.36. The maximum atomic E-state index is 3.15. The number of hydrogen-bond acceptors (Lipinski definition) is 1. The van der Waals surface area contributed by atoms with Crippen molar-refractivity contribution >= 4 is 11.3 Å². The molecule has 0 aliphatic carbocycles. The molecule has 1 heterocycles. The van der Waals surface area contributed by atoms with E-state index in [9.17, 15) is 0 Å². The Morgan fingerprint density at radius 2 is 2.45 bits per heavy atom. The molecule has 0 nitrogen and oxygen atoms in total. The molecule has 0 spiro atoms. The van der Waals surface area contributed by atoms with Crippen LogP contribution in [0.3, 0.4) is 0 Å². The third kappa shape index (κ3) is 3.25. The summed E-state index contributed by atoms with van der Waals surface area (Å²) >= 11 is 1.70. The highest BCUT2D eigenvalue weighted by atomic mass is 32.1. The van der Waals surface area contributed by atoms with E-state index in [1.54, 1.807) is 11.3 Å². The van der Waals surface area contributed by atoms with Crippen LogP contribution < -0.4 is 0 Å². The molecule has 0 amide bonds. The summed E-state index contributed by atoms with van der Waals surface area (Å²) in [4.78, 5) is 0. The van der Waals surface area contributed by atoms with E-state index in [1.807, 2.05) is 0 Å². The molecular formula is C10H12S. The molecule has 0 fully saturated rings. The van der Waals surface area contributed by atoms with Gasteiger partial charge < -0.3 is 0 Å². The van der Waals surface area contributed by atoms with Crippen molar-refractivity contribution in [3.8, 4) is 11.8 Å². The van der Waals surface area contributed by atoms with E-state index in [0.29, 0.717) is 0 Å². The van der Waals surface area contributed by atoms with Gasteiger partial charge in [-0.05, 0) is 17.9 Å². The summed E-state index contributed by atoms with van der Waals surface area (Å²) in [6.07, 6.45) is 3.49. The van der Waals surface area contributed by atoms with Gasteiger partial charge in [0.25, 0.3) is 0 Å². The fraction of sp³-hybridized carbons (Fsp3) is 0.400. The molecule has 11 heavy (non-hydrogen) atoms. The molecule has 0 aromatic carbocycles. The molecule has 58 valence electrons. The lowest BCUT2D eigenvalue weighted by molar-refractivity contribution is 0.828. The van der Waals surface area contributed by atoms with Gasteiger partial charge in [-0.3, -0.25) is 0 Å². The minimum atomic E-state index is 1.03. The van der Waals surface area contributed by atoms with E-state index in [0.717, 1.165) is 12.0 Å². The normalized spacial score (nSPS) is 8.82. The topological polar surface area (TPSA) is 0 Å². The van der Waals surface area contributed by atoms with Crippen LogP contribution in [0, 0.1) is 11.8 Å². The summed E-state index contributed by atoms with van der Waals surface area (Å²) in [5.41, 5.74) is 1.16. The van der Waals surface area contributed by atoms with Crippen molar-refractivity contribution in [2.75, 3.05) is 0 Å². The van der Waals surface area contributed by atoms with Gasteiger partial charge >= 0.3 is 0 Å². The molecule has 0 unspecified atom stereocenters. The van der Waals surface area contributed by atoms with E-state index >= 15 is 0 Å². The lowest BCUT2D eigenvalue weighted by Crippen LogP contribution is -1.68. The van der Waals surface area contributed by atoms with Crippen molar-refractivity contribution in [3.05, 3.63) is 22.4 Å². The van der Waals surface area contributed by atoms with E-state index in [4.69, 9.17) is 0 Å². The molecular weight excluding hydrogens is 152 g/mol. The van der Waals surface area contributed by atoms with Crippen LogP contribution in [-0.2, 0) is 0 Å². The van der Waals surface area contributed by atoms with Gasteiger partial charge in [0.15, 0.2) is 0 Å². The van der Waals surface area contributed by atoms with Crippen molar-refractivity contribution in [2.45, 2.75) is 26.2 Å². The number of thiophene rings is 1. The molecule has 0 aliphatic heterocycles. The second-order valence-electron chi connectivity index (χ2n) is 2.42. The minimum Gasteiger partial charge on any atom is -0.151 e. The number of rotatable bonds is 2. The van der Waals surface area contributed by atoms with E-state index in [2.05, 4.69) is 35.6 Å². The maximum absolute atomic E-state index is 3.15. The molecule has 0 bridgehead atoms. The average molecular weight is 164 g/mol. The zero-order valence-electron chi connectivity index (χ0n) is 6.76. The Morgan fingerprint density at radius 3 is 3.09 bits per heavy atom. The fourth-order valence-electron chi connectivity index (χ4n) is 0.765. The summed E-state index contributed by atoms with van der Waals surface area (Å²) in [5.74, 6) is 6.27. The molecule has 1 heteroatoms. The molecule has 1 aromatic rings. The van der Waals surface area contributed by atoms with E-state index < -0.39 is 0 Å². The van der Waals surface area contributed by atoms with Crippen molar-refractivity contribution < 1.29 is 0 Å². The quantitative estimate of drug-likeness (QED) is 0.465. The number of hydrogen-bond donors (Lipinski definition) is 0. The lowest BCUT2D eigenvalue weighted by Gasteiger charge is -1.82. The molecule has 0 saturated carbocycles. The maximum Gasteiger partial charge on any atom is 0.0352 e. The molecule has 1 rings (SSSR count). The van der Waals surface area contributed by atoms with E-state index in [-0.39, 0.29) is 0 Å². The first-order chi connectivity index (χ1) is 5.43. The summed E-state index contributed by atoms with van der Waals surface area (Å²) in [6.45, 7) is 2.19. The lowest BCUT2D eigenvalue weighted by atomic mass is 10.2. The molecule has 0 radical (unpaired) electrons. The standard InChI is InChI=1S/C10H12S/c1-2-3-4-5-6-10-7-8-11-9-10/h7-9H,2-4H2,1H3. The Bertz CT molecular complexity index is 236. The summed E-state index contributed by atoms with van der Waals surface area (Å²) < 4.78 is 0. The van der Waals surface area contributed by atoms with Crippen LogP contribution >= 0.6 is 11.3 Å². The van der Waals surface area contributed by atoms with Crippen molar-refractivity contribution in [3.63, 3.8) is 0 Å². The van der Waals surface area contributed by atoms with Gasteiger partial charge in [-0.1, -0.05) is 25.2 Å². The highest BCUT2D eigenvalue weighted by Gasteiger charge is 1.82. The van der Waals surface area contributed by atoms with Crippen LogP contribution in [0.15, 0.2) is 16.8 Å². The first-order valence-corrected chi connectivity index (χ1v) is 4.89. The van der Waals surface area contributed by atoms with Crippen molar-refractivity contribution in [2.24, 2.45) is 0 Å². The molecule has 1 aromatic heterocycles. The predicted molar refractivity (Wildman–Crippen MR) is 50.7 cm³/mol. The van der Waals surface area contributed by atoms with Gasteiger partial charge in [0.05, 0.1) is 0 Å². The highest BCUT2D eigenvalue weighted by Crippen LogP contribution is 2.03. The van der Waals surface area contributed by atoms with Crippen LogP contribution in [0.1, 0.15) is 31.7 Å². The van der Waals surface area contributed by atoms with Gasteiger partial charge in [-0.15, -0.1) is 0 Å². The third-order valence-electron chi connectivity index (χ3n) is 1.41. The van der Waals surface area contributed by atoms with E-state index in [1.165, 1.54) is 12.8 Å². The van der Waals surface area contributed by atoms with Gasteiger partial charge in [-0.25, -0.2) is 0 Å². The second kappa shape index (κ2) is 4.98. The van der Waals surface area contributed by atoms with Crippen LogP contribution in [0.25, 0.3) is 0 Å². The Labute approximate surface area is 72.3 Å². The molecule has 0 atom stereocenters. The Morgan fingerprint density at radius 1 is 1.55 bits per heavy atom. The summed E-state index contributed by atoms with van der Waals surface area (Å²) in [5, 5.41) is 4.14. The monoisotopic (exact) mass is 164 g/mol. The number of unbranched alkanes of at least 4 members (excludes halogenated alkanes) is 2. The minimum absolute atomic E-state index is 1.03. The van der Waals surface area contributed by atoms with Gasteiger partial charge in [0, 0.05) is 17.4 Å². The second-order valence-corrected chi connectivity index (χ2v) is 3.20. The zero-order valence-corrected chi connectivity index (χ0v) is 7.58. The zero-order chi connectivity index (χ0) is 7.94. The summed E-state index contributed by atoms with van der Waals surface area (Å²) in [7, 11) is 0. The SMILES string of the molecule is CCCCC#Cc1ccsc1. The molecule has 0 N–H and O–H groups in total. The van der Waals surface area contributed by atoms with Gasteiger partial charge in [0.1, 0.15) is 0 Å². The van der Waals surface area contributed by atoms with Gasteiger partial charge in [0.2, 0.25) is 0 Å². The molecule has 0 aliphatic rings. The first-order valence-electron chi connectivity index (χ1n) is 3.94. The summed E-state index contributed by atoms with van der Waals surface area (Å²) in [6, 6.07) is 2.06. The van der Waals surface area contributed by atoms with Crippen LogP contribution in [-0.4, -0.2) is 0 Å². The van der Waals surface area contributed by atoms with Crippen LogP contribution in [0.5, 0.6) is 0 Å². The third-order valence-corrected chi connectivity index (χ3v) is 2.09. The Balaban J connectivity index is 2.33. The van der Waals surface area contributed by atoms with Crippen molar-refractivity contribution in [1.82, 2.24) is 0 Å². The van der Waals surface area contributed by atoms with Crippen molar-refractivity contribution in [1.29, 1.82) is 0 Å². The average Bonchev–Trinajstić information content (AvgIpc) is 2.50. The molecule has 0 saturated heterocycles. The Kier molecular flexibility index (Phi) is 3.79. The van der Waals surface area contributed by atoms with Crippen LogP contribution in [0.2, 0.25) is 0 Å². The smallest absolute Gasteiger partial charge is 0.0352 e. The van der Waals surface area contributed by atoms with Crippen LogP contribution in [0.4, 0.5) is 0 Å². The highest BCUT2D eigenvalue weighted by molar-refractivity contribution is 7.08.